The van der Waals surface area contributed by atoms with Crippen molar-refractivity contribution in [3.63, 3.8) is 0 Å². The molecule has 1 fully saturated rings. The average molecular weight is 285 g/mol. The largest absolute Gasteiger partial charge is 0.389 e. The van der Waals surface area contributed by atoms with Crippen LogP contribution in [0, 0.1) is 5.92 Å². The number of halogens is 1. The van der Waals surface area contributed by atoms with Crippen LogP contribution >= 0.6 is 23.4 Å². The second-order valence-corrected chi connectivity index (χ2v) is 7.13. The standard InChI is InChI=1S/C15H21ClOS/c1-10-4-3-5-13(8-10)18-15-7-6-12(11(2)17)9-14(15)16/h6-7,9-11,13,17H,3-5,8H2,1-2H3/t10?,11-,13?/m0/s1. The van der Waals surface area contributed by atoms with Crippen LogP contribution in [0.1, 0.15) is 51.2 Å². The van der Waals surface area contributed by atoms with Gasteiger partial charge in [-0.1, -0.05) is 37.4 Å². The second kappa shape index (κ2) is 6.31. The smallest absolute Gasteiger partial charge is 0.0762 e. The van der Waals surface area contributed by atoms with E-state index in [1.54, 1.807) is 6.92 Å². The van der Waals surface area contributed by atoms with E-state index in [0.717, 1.165) is 21.4 Å². The highest BCUT2D eigenvalue weighted by Gasteiger charge is 2.20. The van der Waals surface area contributed by atoms with Crippen LogP contribution in [-0.4, -0.2) is 10.4 Å². The maximum Gasteiger partial charge on any atom is 0.0762 e. The van der Waals surface area contributed by atoms with E-state index < -0.39 is 6.10 Å². The summed E-state index contributed by atoms with van der Waals surface area (Å²) in [4.78, 5) is 1.15. The van der Waals surface area contributed by atoms with Crippen molar-refractivity contribution in [2.75, 3.05) is 0 Å². The number of rotatable bonds is 3. The predicted molar refractivity (Wildman–Crippen MR) is 79.4 cm³/mol. The summed E-state index contributed by atoms with van der Waals surface area (Å²) in [6, 6.07) is 5.92. The molecule has 2 rings (SSSR count). The van der Waals surface area contributed by atoms with Crippen LogP contribution in [0.25, 0.3) is 0 Å². The first-order valence-electron chi connectivity index (χ1n) is 6.70. The van der Waals surface area contributed by atoms with Crippen molar-refractivity contribution in [2.45, 2.75) is 55.8 Å². The lowest BCUT2D eigenvalue weighted by Gasteiger charge is -2.26. The van der Waals surface area contributed by atoms with Gasteiger partial charge in [-0.2, -0.15) is 0 Å². The lowest BCUT2D eigenvalue weighted by atomic mass is 9.91. The van der Waals surface area contributed by atoms with Crippen LogP contribution in [0.5, 0.6) is 0 Å². The molecular weight excluding hydrogens is 264 g/mol. The highest BCUT2D eigenvalue weighted by atomic mass is 35.5. The Labute approximate surface area is 119 Å². The minimum Gasteiger partial charge on any atom is -0.389 e. The summed E-state index contributed by atoms with van der Waals surface area (Å²) >= 11 is 8.20. The number of benzene rings is 1. The van der Waals surface area contributed by atoms with Crippen molar-refractivity contribution in [3.05, 3.63) is 28.8 Å². The zero-order chi connectivity index (χ0) is 13.1. The summed E-state index contributed by atoms with van der Waals surface area (Å²) in [5.74, 6) is 0.840. The minimum absolute atomic E-state index is 0.448. The molecule has 0 radical (unpaired) electrons. The van der Waals surface area contributed by atoms with Crippen molar-refractivity contribution in [3.8, 4) is 0 Å². The van der Waals surface area contributed by atoms with Crippen LogP contribution in [-0.2, 0) is 0 Å². The Balaban J connectivity index is 2.05. The van der Waals surface area contributed by atoms with Crippen LogP contribution in [0.3, 0.4) is 0 Å². The number of aliphatic hydroxyl groups excluding tert-OH is 1. The van der Waals surface area contributed by atoms with Crippen molar-refractivity contribution in [1.29, 1.82) is 0 Å². The van der Waals surface area contributed by atoms with Gasteiger partial charge < -0.3 is 5.11 Å². The first-order valence-corrected chi connectivity index (χ1v) is 7.96. The third-order valence-electron chi connectivity index (χ3n) is 3.62. The Morgan fingerprint density at radius 1 is 1.39 bits per heavy atom. The zero-order valence-corrected chi connectivity index (χ0v) is 12.6. The molecule has 0 amide bonds. The van der Waals surface area contributed by atoms with E-state index in [1.165, 1.54) is 25.7 Å². The van der Waals surface area contributed by atoms with E-state index in [4.69, 9.17) is 11.6 Å². The molecule has 1 aromatic carbocycles. The topological polar surface area (TPSA) is 20.2 Å². The van der Waals surface area contributed by atoms with Gasteiger partial charge in [0.15, 0.2) is 0 Å². The Morgan fingerprint density at radius 3 is 2.78 bits per heavy atom. The van der Waals surface area contributed by atoms with E-state index in [0.29, 0.717) is 5.25 Å². The first-order chi connectivity index (χ1) is 8.56. The normalized spacial score (nSPS) is 26.0. The molecular formula is C15H21ClOS. The molecule has 1 nitrogen and oxygen atoms in total. The molecule has 100 valence electrons. The Kier molecular flexibility index (Phi) is 4.99. The van der Waals surface area contributed by atoms with Crippen molar-refractivity contribution in [1.82, 2.24) is 0 Å². The molecule has 1 aromatic rings. The van der Waals surface area contributed by atoms with Crippen LogP contribution in [0.4, 0.5) is 0 Å². The molecule has 0 heterocycles. The van der Waals surface area contributed by atoms with Crippen LogP contribution < -0.4 is 0 Å². The van der Waals surface area contributed by atoms with Gasteiger partial charge in [0.05, 0.1) is 11.1 Å². The summed E-state index contributed by atoms with van der Waals surface area (Å²) in [6.07, 6.45) is 4.84. The van der Waals surface area contributed by atoms with Crippen molar-refractivity contribution >= 4 is 23.4 Å². The van der Waals surface area contributed by atoms with E-state index in [2.05, 4.69) is 6.92 Å². The minimum atomic E-state index is -0.448. The maximum atomic E-state index is 9.53. The quantitative estimate of drug-likeness (QED) is 0.837. The average Bonchev–Trinajstić information content (AvgIpc) is 2.31. The summed E-state index contributed by atoms with van der Waals surface area (Å²) in [6.45, 7) is 4.10. The van der Waals surface area contributed by atoms with E-state index >= 15 is 0 Å². The van der Waals surface area contributed by atoms with Crippen LogP contribution in [0.15, 0.2) is 23.1 Å². The highest BCUT2D eigenvalue weighted by Crippen LogP contribution is 2.39. The highest BCUT2D eigenvalue weighted by molar-refractivity contribution is 8.00. The SMILES string of the molecule is CC1CCCC(Sc2ccc([C@H](C)O)cc2Cl)C1. The molecule has 3 heteroatoms. The number of hydrogen-bond donors (Lipinski definition) is 1. The zero-order valence-electron chi connectivity index (χ0n) is 11.0. The Hall–Kier alpha value is -0.180. The van der Waals surface area contributed by atoms with Gasteiger partial charge in [-0.05, 0) is 43.4 Å². The molecule has 18 heavy (non-hydrogen) atoms. The van der Waals surface area contributed by atoms with E-state index in [9.17, 15) is 5.11 Å². The fraction of sp³-hybridized carbons (Fsp3) is 0.600. The summed E-state index contributed by atoms with van der Waals surface area (Å²) in [7, 11) is 0. The molecule has 1 aliphatic carbocycles. The molecule has 2 unspecified atom stereocenters. The lowest BCUT2D eigenvalue weighted by Crippen LogP contribution is -2.14. The number of aliphatic hydroxyl groups is 1. The molecule has 0 spiro atoms. The van der Waals surface area contributed by atoms with Crippen LogP contribution in [0.2, 0.25) is 5.02 Å². The molecule has 0 saturated heterocycles. The summed E-state index contributed by atoms with van der Waals surface area (Å²) in [5, 5.41) is 11.0. The monoisotopic (exact) mass is 284 g/mol. The van der Waals surface area contributed by atoms with Crippen molar-refractivity contribution < 1.29 is 5.11 Å². The van der Waals surface area contributed by atoms with Crippen molar-refractivity contribution in [2.24, 2.45) is 5.92 Å². The summed E-state index contributed by atoms with van der Waals surface area (Å²) < 4.78 is 0. The Morgan fingerprint density at radius 2 is 2.17 bits per heavy atom. The van der Waals surface area contributed by atoms with Gasteiger partial charge in [0.1, 0.15) is 0 Å². The predicted octanol–water partition coefficient (Wildman–Crippen LogP) is 5.06. The fourth-order valence-corrected chi connectivity index (χ4v) is 4.25. The van der Waals surface area contributed by atoms with Gasteiger partial charge in [0, 0.05) is 10.1 Å². The summed E-state index contributed by atoms with van der Waals surface area (Å²) in [5.41, 5.74) is 0.890. The molecule has 0 aliphatic heterocycles. The van der Waals surface area contributed by atoms with Gasteiger partial charge in [-0.15, -0.1) is 11.8 Å². The molecule has 1 saturated carbocycles. The lowest BCUT2D eigenvalue weighted by molar-refractivity contribution is 0.199. The van der Waals surface area contributed by atoms with E-state index in [1.807, 2.05) is 30.0 Å². The van der Waals surface area contributed by atoms with Gasteiger partial charge in [-0.3, -0.25) is 0 Å². The van der Waals surface area contributed by atoms with Gasteiger partial charge in [0.25, 0.3) is 0 Å². The van der Waals surface area contributed by atoms with Gasteiger partial charge >= 0.3 is 0 Å². The molecule has 1 aliphatic rings. The Bertz CT molecular complexity index is 405. The number of thioether (sulfide) groups is 1. The van der Waals surface area contributed by atoms with Gasteiger partial charge in [-0.25, -0.2) is 0 Å². The third-order valence-corrected chi connectivity index (χ3v) is 5.42. The first kappa shape index (κ1) is 14.2. The molecule has 0 bridgehead atoms. The maximum absolute atomic E-state index is 9.53. The fourth-order valence-electron chi connectivity index (χ4n) is 2.54. The third kappa shape index (κ3) is 3.66. The molecule has 0 aromatic heterocycles. The van der Waals surface area contributed by atoms with Gasteiger partial charge in [0.2, 0.25) is 0 Å². The van der Waals surface area contributed by atoms with E-state index in [-0.39, 0.29) is 0 Å². The number of hydrogen-bond acceptors (Lipinski definition) is 2. The molecule has 3 atom stereocenters. The second-order valence-electron chi connectivity index (χ2n) is 5.38. The molecule has 1 N–H and O–H groups in total.